The third kappa shape index (κ3) is 6.44. The second-order valence-corrected chi connectivity index (χ2v) is 12.6. The third-order valence-corrected chi connectivity index (χ3v) is 9.61. The van der Waals surface area contributed by atoms with E-state index >= 15 is 0 Å². The van der Waals surface area contributed by atoms with Crippen LogP contribution in [0.1, 0.15) is 87.5 Å². The monoisotopic (exact) mass is 582 g/mol. The number of aryl methyl sites for hydroxylation is 2. The summed E-state index contributed by atoms with van der Waals surface area (Å²) in [5, 5.41) is 8.45. The molecule has 1 aromatic carbocycles. The Morgan fingerprint density at radius 2 is 2.07 bits per heavy atom. The molecule has 5 rings (SSSR count). The number of hydrogen-bond acceptors (Lipinski definition) is 7. The highest BCUT2D eigenvalue weighted by Gasteiger charge is 2.38. The van der Waals surface area contributed by atoms with Crippen molar-refractivity contribution in [2.75, 3.05) is 33.4 Å². The summed E-state index contributed by atoms with van der Waals surface area (Å²) in [5.74, 6) is 0.498. The first-order valence-electron chi connectivity index (χ1n) is 15.5. The van der Waals surface area contributed by atoms with Crippen LogP contribution in [0.25, 0.3) is 11.0 Å². The first-order valence-corrected chi connectivity index (χ1v) is 15.5. The Bertz CT molecular complexity index is 1480. The van der Waals surface area contributed by atoms with E-state index in [1.165, 1.54) is 12.1 Å². The second kappa shape index (κ2) is 12.6. The van der Waals surface area contributed by atoms with Gasteiger partial charge in [0.1, 0.15) is 11.6 Å². The molecule has 0 radical (unpaired) electrons. The van der Waals surface area contributed by atoms with Gasteiger partial charge in [-0.15, -0.1) is 0 Å². The van der Waals surface area contributed by atoms with Crippen molar-refractivity contribution < 1.29 is 22.9 Å². The Morgan fingerprint density at radius 3 is 2.81 bits per heavy atom. The van der Waals surface area contributed by atoms with Crippen molar-refractivity contribution in [3.8, 4) is 0 Å². The molecule has 228 valence electrons. The minimum Gasteiger partial charge on any atom is -0.415 e. The molecule has 42 heavy (non-hydrogen) atoms. The highest BCUT2D eigenvalue weighted by Crippen LogP contribution is 2.35. The summed E-state index contributed by atoms with van der Waals surface area (Å²) >= 11 is 0. The Labute approximate surface area is 247 Å². The number of esters is 1. The van der Waals surface area contributed by atoms with Crippen LogP contribution in [0.2, 0.25) is 0 Å². The number of ether oxygens (including phenoxy) is 1. The molecule has 10 heteroatoms. The molecule has 2 aromatic heterocycles. The van der Waals surface area contributed by atoms with Gasteiger partial charge in [0.2, 0.25) is 6.73 Å². The molecule has 1 N–H and O–H groups in total. The van der Waals surface area contributed by atoms with Crippen LogP contribution >= 0.6 is 0 Å². The van der Waals surface area contributed by atoms with Gasteiger partial charge in [0.15, 0.2) is 5.58 Å². The van der Waals surface area contributed by atoms with Crippen LogP contribution in [-0.2, 0) is 28.9 Å². The normalized spacial score (nSPS) is 22.1. The highest BCUT2D eigenvalue weighted by molar-refractivity contribution is 5.79. The van der Waals surface area contributed by atoms with Crippen LogP contribution in [-0.4, -0.2) is 64.1 Å². The fourth-order valence-corrected chi connectivity index (χ4v) is 6.83. The maximum absolute atomic E-state index is 13.7. The van der Waals surface area contributed by atoms with E-state index in [9.17, 15) is 14.0 Å². The molecular weight excluding hydrogens is 537 g/mol. The Morgan fingerprint density at radius 1 is 1.29 bits per heavy atom. The summed E-state index contributed by atoms with van der Waals surface area (Å²) in [5.41, 5.74) is 2.66. The number of fused-ring (bicyclic) bond motifs is 2. The summed E-state index contributed by atoms with van der Waals surface area (Å²) in [6.07, 6.45) is 7.29. The van der Waals surface area contributed by atoms with Crippen LogP contribution in [0, 0.1) is 12.7 Å². The maximum Gasteiger partial charge on any atom is 0.311 e. The third-order valence-electron chi connectivity index (χ3n) is 9.61. The van der Waals surface area contributed by atoms with Gasteiger partial charge < -0.3 is 14.6 Å². The quantitative estimate of drug-likeness (QED) is 0.257. The number of nitrogens with zero attached hydrogens (tertiary/aromatic N) is 4. The average molecular weight is 583 g/mol. The molecule has 0 bridgehead atoms. The Hall–Kier alpha value is -3.11. The molecule has 9 nitrogen and oxygen atoms in total. The van der Waals surface area contributed by atoms with Crippen molar-refractivity contribution in [2.24, 2.45) is 0 Å². The SMILES string of the molecule is CCCC(C)(CC(=O)OC[N+]1(CCc2c(C)nc3n(c2=O)CCCC3)CCC(c2noc3cc(F)ccc23)CC1)NC. The second-order valence-electron chi connectivity index (χ2n) is 12.6. The van der Waals surface area contributed by atoms with Crippen molar-refractivity contribution in [3.05, 3.63) is 57.1 Å². The van der Waals surface area contributed by atoms with Gasteiger partial charge in [0.25, 0.3) is 5.56 Å². The standard InChI is InChI=1S/C32H45FN5O4/c1-5-14-32(3,34-4)20-29(39)41-21-38(18-13-25-22(2)35-28-8-6-7-15-37(28)31(25)40)16-11-23(12-17-38)30-26-10-9-24(33)19-27(26)42-36-30/h9-10,19,23,34H,5-8,11-18,20-21H2,1-4H3/q+1. The van der Waals surface area contributed by atoms with Crippen molar-refractivity contribution in [1.29, 1.82) is 0 Å². The predicted molar refractivity (Wildman–Crippen MR) is 159 cm³/mol. The lowest BCUT2D eigenvalue weighted by molar-refractivity contribution is -0.948. The summed E-state index contributed by atoms with van der Waals surface area (Å²) in [6.45, 7) is 9.32. The zero-order valence-corrected chi connectivity index (χ0v) is 25.5. The van der Waals surface area contributed by atoms with Gasteiger partial charge >= 0.3 is 5.97 Å². The number of likely N-dealkylation sites (tertiary alicyclic amines) is 1. The van der Waals surface area contributed by atoms with Crippen molar-refractivity contribution in [2.45, 2.75) is 96.6 Å². The molecule has 2 aliphatic rings. The van der Waals surface area contributed by atoms with Gasteiger partial charge in [0, 0.05) is 66.4 Å². The lowest BCUT2D eigenvalue weighted by atomic mass is 9.90. The molecule has 1 atom stereocenters. The van der Waals surface area contributed by atoms with Gasteiger partial charge in [0.05, 0.1) is 31.7 Å². The average Bonchev–Trinajstić information content (AvgIpc) is 3.39. The van der Waals surface area contributed by atoms with Crippen LogP contribution in [0.15, 0.2) is 27.5 Å². The number of carbonyl (C=O) groups is 1. The fraction of sp³-hybridized carbons (Fsp3) is 0.625. The number of rotatable bonds is 11. The molecule has 0 spiro atoms. The predicted octanol–water partition coefficient (Wildman–Crippen LogP) is 4.77. The van der Waals surface area contributed by atoms with Crippen molar-refractivity contribution in [1.82, 2.24) is 20.0 Å². The topological polar surface area (TPSA) is 99.2 Å². The summed E-state index contributed by atoms with van der Waals surface area (Å²) in [4.78, 5) is 31.3. The van der Waals surface area contributed by atoms with Gasteiger partial charge in [-0.2, -0.15) is 0 Å². The molecule has 0 saturated carbocycles. The first-order chi connectivity index (χ1) is 20.2. The number of quaternary nitrogens is 1. The molecule has 2 aliphatic heterocycles. The molecule has 1 unspecified atom stereocenters. The number of carbonyl (C=O) groups excluding carboxylic acids is 1. The van der Waals surface area contributed by atoms with E-state index in [0.717, 1.165) is 92.7 Å². The highest BCUT2D eigenvalue weighted by atomic mass is 19.1. The number of piperidine rings is 1. The molecule has 1 saturated heterocycles. The number of nitrogens with one attached hydrogen (secondary N) is 1. The zero-order valence-electron chi connectivity index (χ0n) is 25.5. The van der Waals surface area contributed by atoms with Crippen molar-refractivity contribution in [3.63, 3.8) is 0 Å². The van der Waals surface area contributed by atoms with E-state index in [4.69, 9.17) is 14.2 Å². The molecule has 1 fully saturated rings. The van der Waals surface area contributed by atoms with Crippen LogP contribution in [0.3, 0.4) is 0 Å². The summed E-state index contributed by atoms with van der Waals surface area (Å²) < 4.78 is 27.6. The molecule has 3 aromatic rings. The van der Waals surface area contributed by atoms with E-state index in [0.29, 0.717) is 29.5 Å². The van der Waals surface area contributed by atoms with E-state index in [-0.39, 0.29) is 35.5 Å². The number of hydrogen-bond donors (Lipinski definition) is 1. The molecule has 0 amide bonds. The van der Waals surface area contributed by atoms with Gasteiger partial charge in [-0.1, -0.05) is 18.5 Å². The van der Waals surface area contributed by atoms with Crippen LogP contribution in [0.5, 0.6) is 0 Å². The molecule has 0 aliphatic carbocycles. The Kier molecular flexibility index (Phi) is 9.13. The van der Waals surface area contributed by atoms with E-state index in [2.05, 4.69) is 24.3 Å². The summed E-state index contributed by atoms with van der Waals surface area (Å²) in [7, 11) is 1.89. The fourth-order valence-electron chi connectivity index (χ4n) is 6.83. The lowest BCUT2D eigenvalue weighted by Crippen LogP contribution is -2.56. The van der Waals surface area contributed by atoms with Gasteiger partial charge in [-0.05, 0) is 52.3 Å². The van der Waals surface area contributed by atoms with Crippen molar-refractivity contribution >= 4 is 16.9 Å². The zero-order chi connectivity index (χ0) is 29.9. The van der Waals surface area contributed by atoms with E-state index in [1.807, 2.05) is 18.5 Å². The smallest absolute Gasteiger partial charge is 0.311 e. The van der Waals surface area contributed by atoms with Crippen LogP contribution in [0.4, 0.5) is 4.39 Å². The number of benzene rings is 1. The minimum atomic E-state index is -0.345. The molecule has 4 heterocycles. The van der Waals surface area contributed by atoms with E-state index < -0.39 is 0 Å². The Balaban J connectivity index is 1.34. The van der Waals surface area contributed by atoms with Gasteiger partial charge in [-0.25, -0.2) is 9.37 Å². The molecular formula is C32H45FN5O4+. The number of aromatic nitrogens is 3. The maximum atomic E-state index is 13.7. The van der Waals surface area contributed by atoms with Gasteiger partial charge in [-0.3, -0.25) is 18.6 Å². The number of halogens is 1. The summed E-state index contributed by atoms with van der Waals surface area (Å²) in [6, 6.07) is 4.55. The minimum absolute atomic E-state index is 0.0767. The largest absolute Gasteiger partial charge is 0.415 e. The first kappa shape index (κ1) is 30.4. The van der Waals surface area contributed by atoms with Crippen LogP contribution < -0.4 is 10.9 Å². The van der Waals surface area contributed by atoms with E-state index in [1.54, 1.807) is 6.07 Å². The lowest BCUT2D eigenvalue weighted by Gasteiger charge is -2.43.